The second kappa shape index (κ2) is 7.15. The Bertz CT molecular complexity index is 964. The molecule has 0 bridgehead atoms. The molecule has 27 heavy (non-hydrogen) atoms. The van der Waals surface area contributed by atoms with E-state index in [2.05, 4.69) is 44.0 Å². The molecule has 8 heteroatoms. The molecule has 1 aliphatic rings. The zero-order valence-electron chi connectivity index (χ0n) is 15.3. The van der Waals surface area contributed by atoms with Gasteiger partial charge >= 0.3 is 0 Å². The minimum absolute atomic E-state index is 0.0947. The number of hydrogen-bond donors (Lipinski definition) is 1. The van der Waals surface area contributed by atoms with E-state index in [1.165, 1.54) is 5.56 Å². The lowest BCUT2D eigenvalue weighted by Crippen LogP contribution is -2.41. The van der Waals surface area contributed by atoms with Crippen LogP contribution in [0.25, 0.3) is 0 Å². The molecule has 0 fully saturated rings. The van der Waals surface area contributed by atoms with Gasteiger partial charge in [-0.15, -0.1) is 10.2 Å². The maximum absolute atomic E-state index is 12.8. The summed E-state index contributed by atoms with van der Waals surface area (Å²) >= 11 is 6.19. The van der Waals surface area contributed by atoms with Crippen molar-refractivity contribution in [2.75, 3.05) is 6.54 Å². The van der Waals surface area contributed by atoms with Crippen LogP contribution >= 0.6 is 11.6 Å². The van der Waals surface area contributed by atoms with Crippen LogP contribution in [0.2, 0.25) is 5.02 Å². The molecule has 140 valence electrons. The third-order valence-electron chi connectivity index (χ3n) is 4.94. The van der Waals surface area contributed by atoms with Gasteiger partial charge in [0, 0.05) is 13.0 Å². The molecule has 3 heterocycles. The first-order valence-corrected chi connectivity index (χ1v) is 9.38. The first-order chi connectivity index (χ1) is 13.0. The fourth-order valence-corrected chi connectivity index (χ4v) is 3.71. The number of halogens is 1. The number of nitrogens with one attached hydrogen (secondary N) is 1. The van der Waals surface area contributed by atoms with E-state index in [0.717, 1.165) is 24.5 Å². The number of aryl methyl sites for hydroxylation is 3. The lowest BCUT2D eigenvalue weighted by molar-refractivity contribution is 0.0673. The minimum atomic E-state index is -0.184. The van der Waals surface area contributed by atoms with Crippen molar-refractivity contribution >= 4 is 17.5 Å². The lowest BCUT2D eigenvalue weighted by Gasteiger charge is -2.32. The first kappa shape index (κ1) is 17.7. The third kappa shape index (κ3) is 3.35. The average Bonchev–Trinajstić information content (AvgIpc) is 3.24. The van der Waals surface area contributed by atoms with Gasteiger partial charge in [-0.05, 0) is 25.8 Å². The summed E-state index contributed by atoms with van der Waals surface area (Å²) in [4.78, 5) is 14.5. The Morgan fingerprint density at radius 1 is 1.26 bits per heavy atom. The van der Waals surface area contributed by atoms with Crippen LogP contribution in [0.3, 0.4) is 0 Å². The molecule has 0 aliphatic carbocycles. The fourth-order valence-electron chi connectivity index (χ4n) is 3.55. The molecule has 0 saturated heterocycles. The van der Waals surface area contributed by atoms with E-state index in [4.69, 9.17) is 11.6 Å². The van der Waals surface area contributed by atoms with Gasteiger partial charge in [-0.25, -0.2) is 0 Å². The van der Waals surface area contributed by atoms with E-state index in [-0.39, 0.29) is 17.6 Å². The number of rotatable bonds is 4. The summed E-state index contributed by atoms with van der Waals surface area (Å²) in [6.07, 6.45) is 1.73. The molecule has 1 amide bonds. The minimum Gasteiger partial charge on any atom is -0.328 e. The van der Waals surface area contributed by atoms with Crippen molar-refractivity contribution in [2.45, 2.75) is 39.3 Å². The third-order valence-corrected chi connectivity index (χ3v) is 5.40. The number of benzene rings is 1. The Hall–Kier alpha value is -2.67. The van der Waals surface area contributed by atoms with Crippen molar-refractivity contribution < 1.29 is 4.79 Å². The number of carbonyl (C=O) groups excluding carboxylic acids is 1. The van der Waals surface area contributed by atoms with Gasteiger partial charge in [0.25, 0.3) is 5.91 Å². The summed E-state index contributed by atoms with van der Waals surface area (Å²) in [6, 6.07) is 10.4. The molecule has 1 aromatic carbocycles. The molecule has 4 rings (SSSR count). The summed E-state index contributed by atoms with van der Waals surface area (Å²) in [5, 5.41) is 15.9. The highest BCUT2D eigenvalue weighted by atomic mass is 35.5. The van der Waals surface area contributed by atoms with Crippen LogP contribution in [0, 0.1) is 6.92 Å². The standard InChI is InChI=1S/C19H21ClN6O/c1-12-10-25(19(27)18-17(20)13(2)21-24-18)11-16-23-22-15(26(12)16)9-8-14-6-4-3-5-7-14/h3-7,12H,8-11H2,1-2H3,(H,21,24)/t12-/m0/s1. The van der Waals surface area contributed by atoms with Crippen LogP contribution < -0.4 is 0 Å². The number of H-pyrrole nitrogens is 1. The predicted molar refractivity (Wildman–Crippen MR) is 102 cm³/mol. The molecular weight excluding hydrogens is 364 g/mol. The zero-order valence-corrected chi connectivity index (χ0v) is 16.1. The molecule has 1 aliphatic heterocycles. The normalized spacial score (nSPS) is 16.4. The van der Waals surface area contributed by atoms with Gasteiger partial charge in [-0.1, -0.05) is 41.9 Å². The second-order valence-corrected chi connectivity index (χ2v) is 7.31. The Morgan fingerprint density at radius 3 is 2.74 bits per heavy atom. The molecular formula is C19H21ClN6O. The summed E-state index contributed by atoms with van der Waals surface area (Å²) in [6.45, 7) is 4.85. The van der Waals surface area contributed by atoms with E-state index in [0.29, 0.717) is 23.8 Å². The number of fused-ring (bicyclic) bond motifs is 1. The fraction of sp³-hybridized carbons (Fsp3) is 0.368. The molecule has 0 saturated carbocycles. The molecule has 1 N–H and O–H groups in total. The van der Waals surface area contributed by atoms with Crippen molar-refractivity contribution in [3.63, 3.8) is 0 Å². The largest absolute Gasteiger partial charge is 0.328 e. The highest BCUT2D eigenvalue weighted by Gasteiger charge is 2.31. The quantitative estimate of drug-likeness (QED) is 0.749. The van der Waals surface area contributed by atoms with E-state index < -0.39 is 0 Å². The number of nitrogens with zero attached hydrogens (tertiary/aromatic N) is 5. The predicted octanol–water partition coefficient (Wildman–Crippen LogP) is 2.97. The second-order valence-electron chi connectivity index (χ2n) is 6.93. The highest BCUT2D eigenvalue weighted by Crippen LogP contribution is 2.26. The number of aromatic nitrogens is 5. The van der Waals surface area contributed by atoms with Crippen LogP contribution in [0.1, 0.15) is 46.4 Å². The molecule has 0 unspecified atom stereocenters. The Balaban J connectivity index is 1.51. The van der Waals surface area contributed by atoms with Crippen LogP contribution in [0.5, 0.6) is 0 Å². The SMILES string of the molecule is Cc1[nH]nc(C(=O)N2Cc3nnc(CCc4ccccc4)n3[C@@H](C)C2)c1Cl. The maximum atomic E-state index is 12.8. The van der Waals surface area contributed by atoms with Gasteiger partial charge in [0.1, 0.15) is 5.82 Å². The van der Waals surface area contributed by atoms with Crippen LogP contribution in [0.4, 0.5) is 0 Å². The summed E-state index contributed by atoms with van der Waals surface area (Å²) in [5.74, 6) is 1.58. The van der Waals surface area contributed by atoms with Gasteiger partial charge in [0.05, 0.1) is 23.3 Å². The van der Waals surface area contributed by atoms with E-state index >= 15 is 0 Å². The molecule has 7 nitrogen and oxygen atoms in total. The van der Waals surface area contributed by atoms with Gasteiger partial charge in [-0.3, -0.25) is 9.89 Å². The molecule has 0 radical (unpaired) electrons. The highest BCUT2D eigenvalue weighted by molar-refractivity contribution is 6.34. The first-order valence-electron chi connectivity index (χ1n) is 9.01. The van der Waals surface area contributed by atoms with Gasteiger partial charge in [0.2, 0.25) is 0 Å². The molecule has 0 spiro atoms. The molecule has 2 aromatic heterocycles. The zero-order chi connectivity index (χ0) is 19.0. The smallest absolute Gasteiger partial charge is 0.276 e. The number of amides is 1. The van der Waals surface area contributed by atoms with Crippen LogP contribution in [-0.4, -0.2) is 42.3 Å². The van der Waals surface area contributed by atoms with Crippen molar-refractivity contribution in [3.8, 4) is 0 Å². The van der Waals surface area contributed by atoms with Crippen LogP contribution in [-0.2, 0) is 19.4 Å². The summed E-state index contributed by atoms with van der Waals surface area (Å²) in [5.41, 5.74) is 2.23. The lowest BCUT2D eigenvalue weighted by atomic mass is 10.1. The topological polar surface area (TPSA) is 79.7 Å². The number of aromatic amines is 1. The Kier molecular flexibility index (Phi) is 4.70. The number of carbonyl (C=O) groups is 1. The number of hydrogen-bond acceptors (Lipinski definition) is 4. The van der Waals surface area contributed by atoms with E-state index in [1.54, 1.807) is 11.8 Å². The Labute approximate surface area is 162 Å². The van der Waals surface area contributed by atoms with Crippen molar-refractivity contribution in [1.82, 2.24) is 29.9 Å². The van der Waals surface area contributed by atoms with Crippen molar-refractivity contribution in [2.24, 2.45) is 0 Å². The van der Waals surface area contributed by atoms with Gasteiger partial charge in [0.15, 0.2) is 11.5 Å². The molecule has 1 atom stereocenters. The van der Waals surface area contributed by atoms with Gasteiger partial charge < -0.3 is 9.47 Å². The van der Waals surface area contributed by atoms with E-state index in [9.17, 15) is 4.79 Å². The van der Waals surface area contributed by atoms with Crippen molar-refractivity contribution in [1.29, 1.82) is 0 Å². The average molecular weight is 385 g/mol. The van der Waals surface area contributed by atoms with Gasteiger partial charge in [-0.2, -0.15) is 5.10 Å². The maximum Gasteiger partial charge on any atom is 0.276 e. The Morgan fingerprint density at radius 2 is 2.04 bits per heavy atom. The summed E-state index contributed by atoms with van der Waals surface area (Å²) < 4.78 is 2.16. The molecule has 3 aromatic rings. The van der Waals surface area contributed by atoms with Crippen LogP contribution in [0.15, 0.2) is 30.3 Å². The van der Waals surface area contributed by atoms with E-state index in [1.807, 2.05) is 18.2 Å². The monoisotopic (exact) mass is 384 g/mol. The van der Waals surface area contributed by atoms with Crippen molar-refractivity contribution in [3.05, 3.63) is 64.0 Å². The summed E-state index contributed by atoms with van der Waals surface area (Å²) in [7, 11) is 0.